The average molecular weight is 710 g/mol. The van der Waals surface area contributed by atoms with Gasteiger partial charge < -0.3 is 25.6 Å². The molecule has 1 fully saturated rings. The second-order valence-electron chi connectivity index (χ2n) is 15.6. The Morgan fingerprint density at radius 3 is 2.52 bits per heavy atom. The number of rotatable bonds is 10. The van der Waals surface area contributed by atoms with Gasteiger partial charge in [-0.2, -0.15) is 5.10 Å². The maximum atomic E-state index is 13.6. The molecule has 4 heterocycles. The molecule has 1 aromatic carbocycles. The molecule has 4 aromatic rings. The maximum absolute atomic E-state index is 13.6. The number of hydrogen-bond donors (Lipinski definition) is 3. The van der Waals surface area contributed by atoms with Crippen molar-refractivity contribution in [2.45, 2.75) is 97.3 Å². The molecule has 1 aliphatic heterocycles. The number of carbonyl (C=O) groups is 1. The molecule has 1 aliphatic carbocycles. The standard InChI is InChI=1S/C39H55N11O2/c1-26-11-10-12-27(2)50(26)38-46-45-36-18-16-30(24-49(36)38)52-25-28-15-17-33(32-14-9-8-13-31(28)32)43-37(51)44-35(21-34(40)39(3,4)5)42-29-22-41-48(23-29)20-19-47(6)7/h8-9,13-14,16,18,21-24,26-28,33H,10-12,15,17,19-20,25,40H2,1-7H3,(H2,42,43,44,51). The first-order valence-electron chi connectivity index (χ1n) is 18.5. The molecular weight excluding hydrogens is 655 g/mol. The van der Waals surface area contributed by atoms with Crippen LogP contribution in [-0.4, -0.2) is 80.5 Å². The predicted octanol–water partition coefficient (Wildman–Crippen LogP) is 6.17. The number of hydrogen-bond acceptors (Lipinski definition) is 9. The van der Waals surface area contributed by atoms with E-state index in [0.29, 0.717) is 35.9 Å². The smallest absolute Gasteiger partial charge is 0.320 e. The van der Waals surface area contributed by atoms with Crippen molar-refractivity contribution >= 4 is 29.1 Å². The lowest BCUT2D eigenvalue weighted by Crippen LogP contribution is -2.44. The highest BCUT2D eigenvalue weighted by atomic mass is 16.5. The van der Waals surface area contributed by atoms with Crippen LogP contribution < -0.4 is 26.0 Å². The van der Waals surface area contributed by atoms with Crippen molar-refractivity contribution in [2.24, 2.45) is 16.1 Å². The second kappa shape index (κ2) is 15.8. The highest BCUT2D eigenvalue weighted by Crippen LogP contribution is 2.38. The van der Waals surface area contributed by atoms with Crippen molar-refractivity contribution in [1.29, 1.82) is 0 Å². The zero-order valence-corrected chi connectivity index (χ0v) is 31.7. The number of amides is 2. The largest absolute Gasteiger partial charge is 0.491 e. The number of urea groups is 1. The summed E-state index contributed by atoms with van der Waals surface area (Å²) in [5.74, 6) is 2.17. The Balaban J connectivity index is 1.14. The topological polar surface area (TPSA) is 143 Å². The number of nitrogens with zero attached hydrogens (tertiary/aromatic N) is 8. The molecule has 2 amide bonds. The van der Waals surface area contributed by atoms with Crippen LogP contribution in [0.2, 0.25) is 0 Å². The van der Waals surface area contributed by atoms with Gasteiger partial charge in [0.1, 0.15) is 17.3 Å². The summed E-state index contributed by atoms with van der Waals surface area (Å²) in [6, 6.07) is 12.5. The third-order valence-corrected chi connectivity index (χ3v) is 10.2. The molecule has 13 nitrogen and oxygen atoms in total. The van der Waals surface area contributed by atoms with Crippen LogP contribution in [0.25, 0.3) is 5.65 Å². The van der Waals surface area contributed by atoms with Crippen molar-refractivity contribution < 1.29 is 9.53 Å². The first kappa shape index (κ1) is 36.9. The fourth-order valence-corrected chi connectivity index (χ4v) is 7.08. The van der Waals surface area contributed by atoms with Crippen molar-refractivity contribution in [3.05, 3.63) is 77.9 Å². The number of nitrogens with two attached hydrogens (primary N) is 1. The molecule has 0 radical (unpaired) electrons. The summed E-state index contributed by atoms with van der Waals surface area (Å²) in [7, 11) is 4.05. The van der Waals surface area contributed by atoms with Gasteiger partial charge in [0.15, 0.2) is 5.65 Å². The molecule has 4 atom stereocenters. The van der Waals surface area contributed by atoms with Crippen LogP contribution >= 0.6 is 0 Å². The molecule has 1 saturated heterocycles. The number of benzene rings is 1. The molecule has 278 valence electrons. The Labute approximate surface area is 307 Å². The number of ether oxygens (including phenoxy) is 1. The van der Waals surface area contributed by atoms with Gasteiger partial charge in [0.25, 0.3) is 0 Å². The minimum absolute atomic E-state index is 0.170. The van der Waals surface area contributed by atoms with Crippen LogP contribution in [0, 0.1) is 5.41 Å². The number of aromatic nitrogens is 5. The molecule has 52 heavy (non-hydrogen) atoms. The van der Waals surface area contributed by atoms with E-state index in [-0.39, 0.29) is 23.4 Å². The van der Waals surface area contributed by atoms with E-state index in [1.807, 2.05) is 76.2 Å². The van der Waals surface area contributed by atoms with E-state index in [2.05, 4.69) is 66.1 Å². The molecule has 4 N–H and O–H groups in total. The van der Waals surface area contributed by atoms with E-state index in [0.717, 1.165) is 61.7 Å². The van der Waals surface area contributed by atoms with Gasteiger partial charge in [0.05, 0.1) is 37.8 Å². The number of likely N-dealkylation sites (N-methyl/N-ethyl adjacent to an activating group) is 1. The van der Waals surface area contributed by atoms with Gasteiger partial charge in [0.2, 0.25) is 5.95 Å². The number of amidine groups is 1. The molecule has 3 aromatic heterocycles. The van der Waals surface area contributed by atoms with Crippen LogP contribution in [0.3, 0.4) is 0 Å². The zero-order valence-electron chi connectivity index (χ0n) is 31.7. The molecule has 0 spiro atoms. The predicted molar refractivity (Wildman–Crippen MR) is 206 cm³/mol. The van der Waals surface area contributed by atoms with Crippen molar-refractivity contribution in [3.8, 4) is 5.75 Å². The van der Waals surface area contributed by atoms with Gasteiger partial charge in [-0.3, -0.25) is 14.4 Å². The van der Waals surface area contributed by atoms with Gasteiger partial charge in [-0.15, -0.1) is 10.2 Å². The van der Waals surface area contributed by atoms with Crippen molar-refractivity contribution in [1.82, 2.24) is 39.9 Å². The lowest BCUT2D eigenvalue weighted by atomic mass is 9.80. The Morgan fingerprint density at radius 2 is 1.79 bits per heavy atom. The quantitative estimate of drug-likeness (QED) is 0.131. The number of pyridine rings is 1. The van der Waals surface area contributed by atoms with Gasteiger partial charge in [-0.1, -0.05) is 45.0 Å². The Bertz CT molecular complexity index is 1890. The van der Waals surface area contributed by atoms with Gasteiger partial charge in [-0.05, 0) is 83.3 Å². The first-order chi connectivity index (χ1) is 24.9. The van der Waals surface area contributed by atoms with E-state index in [4.69, 9.17) is 15.5 Å². The van der Waals surface area contributed by atoms with E-state index in [1.165, 1.54) is 12.0 Å². The third kappa shape index (κ3) is 8.75. The van der Waals surface area contributed by atoms with Crippen LogP contribution in [0.1, 0.15) is 89.8 Å². The zero-order chi connectivity index (χ0) is 37.0. The van der Waals surface area contributed by atoms with E-state index in [9.17, 15) is 4.79 Å². The summed E-state index contributed by atoms with van der Waals surface area (Å²) < 4.78 is 10.4. The van der Waals surface area contributed by atoms with E-state index in [1.54, 1.807) is 12.3 Å². The van der Waals surface area contributed by atoms with Crippen LogP contribution in [-0.2, 0) is 6.54 Å². The third-order valence-electron chi connectivity index (χ3n) is 10.2. The number of aliphatic imine (C=N–C) groups is 1. The van der Waals surface area contributed by atoms with Gasteiger partial charge >= 0.3 is 6.03 Å². The minimum Gasteiger partial charge on any atom is -0.491 e. The fourth-order valence-electron chi connectivity index (χ4n) is 7.08. The Hall–Kier alpha value is -4.91. The first-order valence-corrected chi connectivity index (χ1v) is 18.5. The van der Waals surface area contributed by atoms with E-state index >= 15 is 0 Å². The number of carbonyl (C=O) groups excluding carboxylic acids is 1. The van der Waals surface area contributed by atoms with E-state index < -0.39 is 0 Å². The summed E-state index contributed by atoms with van der Waals surface area (Å²) in [6.45, 7) is 12.7. The Kier molecular flexibility index (Phi) is 11.2. The van der Waals surface area contributed by atoms with Crippen molar-refractivity contribution in [3.63, 3.8) is 0 Å². The van der Waals surface area contributed by atoms with Crippen LogP contribution in [0.5, 0.6) is 5.75 Å². The summed E-state index contributed by atoms with van der Waals surface area (Å²) in [4.78, 5) is 22.8. The molecule has 13 heteroatoms. The number of piperidine rings is 1. The summed E-state index contributed by atoms with van der Waals surface area (Å²) in [5, 5.41) is 19.6. The SMILES string of the molecule is CC1CCCC(C)N1c1nnc2ccc(OCC3CCC(NC(=O)NC(C=C(N)C(C)(C)C)=Nc4cnn(CCN(C)C)c4)c4ccccc43)cn12. The lowest BCUT2D eigenvalue weighted by molar-refractivity contribution is 0.235. The summed E-state index contributed by atoms with van der Waals surface area (Å²) in [6.07, 6.45) is 12.4. The fraction of sp³-hybridized carbons (Fsp3) is 0.513. The highest BCUT2D eigenvalue weighted by Gasteiger charge is 2.30. The van der Waals surface area contributed by atoms with Gasteiger partial charge in [-0.25, -0.2) is 9.79 Å². The molecule has 0 saturated carbocycles. The van der Waals surface area contributed by atoms with Crippen LogP contribution in [0.15, 0.2) is 71.8 Å². The summed E-state index contributed by atoms with van der Waals surface area (Å²) >= 11 is 0. The Morgan fingerprint density at radius 1 is 1.04 bits per heavy atom. The second-order valence-corrected chi connectivity index (χ2v) is 15.6. The molecule has 4 unspecified atom stereocenters. The highest BCUT2D eigenvalue weighted by molar-refractivity contribution is 6.05. The number of nitrogens with one attached hydrogen (secondary N) is 2. The normalized spacial score (nSPS) is 21.3. The summed E-state index contributed by atoms with van der Waals surface area (Å²) in [5.41, 5.74) is 10.4. The monoisotopic (exact) mass is 709 g/mol. The minimum atomic E-state index is -0.346. The molecule has 6 rings (SSSR count). The molecule has 2 aliphatic rings. The van der Waals surface area contributed by atoms with Gasteiger partial charge in [0, 0.05) is 41.7 Å². The molecular formula is C39H55N11O2. The maximum Gasteiger partial charge on any atom is 0.320 e. The van der Waals surface area contributed by atoms with Crippen molar-refractivity contribution in [2.75, 3.05) is 32.1 Å². The molecule has 0 bridgehead atoms. The number of anilines is 1. The number of allylic oxidation sites excluding steroid dienone is 1. The average Bonchev–Trinajstić information content (AvgIpc) is 3.73. The van der Waals surface area contributed by atoms with Crippen LogP contribution in [0.4, 0.5) is 16.4 Å². The number of fused-ring (bicyclic) bond motifs is 2. The lowest BCUT2D eigenvalue weighted by Gasteiger charge is -2.39.